The monoisotopic (exact) mass is 505 g/mol. The van der Waals surface area contributed by atoms with Gasteiger partial charge in [0, 0.05) is 45.1 Å². The minimum Gasteiger partial charge on any atom is -0.373 e. The van der Waals surface area contributed by atoms with Gasteiger partial charge < -0.3 is 15.0 Å². The second kappa shape index (κ2) is 11.0. The molecule has 2 aromatic rings. The van der Waals surface area contributed by atoms with E-state index in [-0.39, 0.29) is 30.1 Å². The van der Waals surface area contributed by atoms with Crippen LogP contribution in [0.2, 0.25) is 0 Å². The van der Waals surface area contributed by atoms with Gasteiger partial charge in [-0.3, -0.25) is 4.99 Å². The number of hydrogen-bond donors (Lipinski definition) is 1. The van der Waals surface area contributed by atoms with Crippen LogP contribution in [-0.4, -0.2) is 44.1 Å². The first-order valence-electron chi connectivity index (χ1n) is 10.5. The number of ether oxygens (including phenoxy) is 1. The predicted molar refractivity (Wildman–Crippen MR) is 130 cm³/mol. The Balaban J connectivity index is 0.00000240. The molecule has 156 valence electrons. The molecule has 4 nitrogen and oxygen atoms in total. The van der Waals surface area contributed by atoms with Crippen molar-refractivity contribution < 1.29 is 4.74 Å². The second-order valence-corrected chi connectivity index (χ2v) is 7.87. The highest BCUT2D eigenvalue weighted by Crippen LogP contribution is 2.33. The topological polar surface area (TPSA) is 36.9 Å². The van der Waals surface area contributed by atoms with Crippen molar-refractivity contribution in [2.45, 2.75) is 31.3 Å². The molecule has 2 aromatic carbocycles. The summed E-state index contributed by atoms with van der Waals surface area (Å²) in [5, 5.41) is 3.65. The van der Waals surface area contributed by atoms with E-state index in [0.717, 1.165) is 38.6 Å². The first kappa shape index (κ1) is 22.1. The third kappa shape index (κ3) is 5.51. The molecule has 0 bridgehead atoms. The van der Waals surface area contributed by atoms with E-state index >= 15 is 0 Å². The van der Waals surface area contributed by atoms with E-state index in [1.54, 1.807) is 0 Å². The Labute approximate surface area is 191 Å². The predicted octanol–water partition coefficient (Wildman–Crippen LogP) is 4.84. The highest BCUT2D eigenvalue weighted by molar-refractivity contribution is 14.0. The fourth-order valence-electron chi connectivity index (χ4n) is 4.57. The molecule has 0 amide bonds. The van der Waals surface area contributed by atoms with Crippen LogP contribution in [0.15, 0.2) is 65.7 Å². The molecule has 3 atom stereocenters. The van der Waals surface area contributed by atoms with Gasteiger partial charge in [-0.05, 0) is 30.4 Å². The zero-order valence-electron chi connectivity index (χ0n) is 17.2. The second-order valence-electron chi connectivity index (χ2n) is 7.87. The van der Waals surface area contributed by atoms with Crippen molar-refractivity contribution in [3.8, 4) is 0 Å². The molecule has 1 N–H and O–H groups in total. The molecule has 2 aliphatic heterocycles. The maximum atomic E-state index is 6.15. The van der Waals surface area contributed by atoms with E-state index < -0.39 is 0 Å². The first-order chi connectivity index (χ1) is 13.8. The lowest BCUT2D eigenvalue weighted by molar-refractivity contribution is -0.0266. The lowest BCUT2D eigenvalue weighted by Gasteiger charge is -2.33. The SMILES string of the molecule is CN=C(NCC1CCCOC1c1ccccc1)N1CCC(c2ccccc2)C1.I. The highest BCUT2D eigenvalue weighted by atomic mass is 127. The minimum atomic E-state index is 0. The molecule has 3 unspecified atom stereocenters. The molecule has 2 aliphatic rings. The summed E-state index contributed by atoms with van der Waals surface area (Å²) in [6.07, 6.45) is 3.69. The summed E-state index contributed by atoms with van der Waals surface area (Å²) >= 11 is 0. The Morgan fingerprint density at radius 1 is 1.03 bits per heavy atom. The van der Waals surface area contributed by atoms with Gasteiger partial charge in [0.05, 0.1) is 6.10 Å². The fraction of sp³-hybridized carbons (Fsp3) is 0.458. The van der Waals surface area contributed by atoms with Crippen LogP contribution in [0.25, 0.3) is 0 Å². The summed E-state index contributed by atoms with van der Waals surface area (Å²) in [6, 6.07) is 21.5. The minimum absolute atomic E-state index is 0. The van der Waals surface area contributed by atoms with E-state index in [1.807, 2.05) is 7.05 Å². The largest absolute Gasteiger partial charge is 0.373 e. The normalized spacial score (nSPS) is 24.8. The zero-order valence-corrected chi connectivity index (χ0v) is 19.5. The molecule has 2 saturated heterocycles. The van der Waals surface area contributed by atoms with Crippen molar-refractivity contribution >= 4 is 29.9 Å². The first-order valence-corrected chi connectivity index (χ1v) is 10.5. The number of likely N-dealkylation sites (tertiary alicyclic amines) is 1. The van der Waals surface area contributed by atoms with Gasteiger partial charge >= 0.3 is 0 Å². The van der Waals surface area contributed by atoms with Crippen LogP contribution in [0.1, 0.15) is 42.4 Å². The maximum absolute atomic E-state index is 6.15. The summed E-state index contributed by atoms with van der Waals surface area (Å²) in [5.41, 5.74) is 2.72. The van der Waals surface area contributed by atoms with Crippen LogP contribution in [0.4, 0.5) is 0 Å². The molecule has 2 heterocycles. The van der Waals surface area contributed by atoms with Gasteiger partial charge in [-0.1, -0.05) is 60.7 Å². The number of nitrogens with zero attached hydrogens (tertiary/aromatic N) is 2. The fourth-order valence-corrected chi connectivity index (χ4v) is 4.57. The summed E-state index contributed by atoms with van der Waals surface area (Å²) in [7, 11) is 1.89. The summed E-state index contributed by atoms with van der Waals surface area (Å²) in [5.74, 6) is 2.09. The molecule has 2 fully saturated rings. The van der Waals surface area contributed by atoms with Crippen molar-refractivity contribution in [1.82, 2.24) is 10.2 Å². The van der Waals surface area contributed by atoms with Crippen molar-refractivity contribution in [3.05, 3.63) is 71.8 Å². The molecule has 0 spiro atoms. The Morgan fingerprint density at radius 2 is 1.72 bits per heavy atom. The molecular weight excluding hydrogens is 473 g/mol. The highest BCUT2D eigenvalue weighted by Gasteiger charge is 2.29. The van der Waals surface area contributed by atoms with E-state index in [2.05, 4.69) is 75.9 Å². The number of benzene rings is 2. The molecule has 4 rings (SSSR count). The lowest BCUT2D eigenvalue weighted by atomic mass is 9.89. The summed E-state index contributed by atoms with van der Waals surface area (Å²) in [4.78, 5) is 6.97. The maximum Gasteiger partial charge on any atom is 0.193 e. The van der Waals surface area contributed by atoms with Crippen molar-refractivity contribution in [3.63, 3.8) is 0 Å². The van der Waals surface area contributed by atoms with E-state index in [0.29, 0.717) is 11.8 Å². The summed E-state index contributed by atoms with van der Waals surface area (Å²) < 4.78 is 6.15. The van der Waals surface area contributed by atoms with Crippen molar-refractivity contribution in [2.75, 3.05) is 33.3 Å². The number of nitrogens with one attached hydrogen (secondary N) is 1. The lowest BCUT2D eigenvalue weighted by Crippen LogP contribution is -2.43. The standard InChI is InChI=1S/C24H31N3O.HI/c1-25-24(27-15-14-22(18-27)19-9-4-2-5-10-19)26-17-21-13-8-16-28-23(21)20-11-6-3-7-12-20;/h2-7,9-12,21-23H,8,13-18H2,1H3,(H,25,26);1H. The van der Waals surface area contributed by atoms with Gasteiger partial charge in [0.25, 0.3) is 0 Å². The average molecular weight is 505 g/mol. The Morgan fingerprint density at radius 3 is 2.41 bits per heavy atom. The summed E-state index contributed by atoms with van der Waals surface area (Å²) in [6.45, 7) is 3.85. The third-order valence-corrected chi connectivity index (χ3v) is 6.07. The number of guanidine groups is 1. The Bertz CT molecular complexity index is 768. The molecule has 0 saturated carbocycles. The zero-order chi connectivity index (χ0) is 19.2. The Kier molecular flexibility index (Phi) is 8.36. The molecular formula is C24H32IN3O. The quantitative estimate of drug-likeness (QED) is 0.367. The number of rotatable bonds is 4. The van der Waals surface area contributed by atoms with Gasteiger partial charge in [-0.25, -0.2) is 0 Å². The van der Waals surface area contributed by atoms with Crippen LogP contribution in [0.5, 0.6) is 0 Å². The van der Waals surface area contributed by atoms with Gasteiger partial charge in [-0.2, -0.15) is 0 Å². The Hall–Kier alpha value is -1.60. The molecule has 0 aromatic heterocycles. The molecule has 29 heavy (non-hydrogen) atoms. The average Bonchev–Trinajstić information content (AvgIpc) is 3.26. The smallest absolute Gasteiger partial charge is 0.193 e. The van der Waals surface area contributed by atoms with E-state index in [4.69, 9.17) is 4.74 Å². The number of aliphatic imine (C=N–C) groups is 1. The number of hydrogen-bond acceptors (Lipinski definition) is 2. The van der Waals surface area contributed by atoms with E-state index in [9.17, 15) is 0 Å². The third-order valence-electron chi connectivity index (χ3n) is 6.07. The van der Waals surface area contributed by atoms with Gasteiger partial charge in [-0.15, -0.1) is 24.0 Å². The van der Waals surface area contributed by atoms with E-state index in [1.165, 1.54) is 24.0 Å². The van der Waals surface area contributed by atoms with Crippen LogP contribution in [-0.2, 0) is 4.74 Å². The van der Waals surface area contributed by atoms with Crippen LogP contribution in [0, 0.1) is 5.92 Å². The van der Waals surface area contributed by atoms with Gasteiger partial charge in [0.1, 0.15) is 0 Å². The molecule has 5 heteroatoms. The molecule has 0 radical (unpaired) electrons. The van der Waals surface area contributed by atoms with Crippen molar-refractivity contribution in [2.24, 2.45) is 10.9 Å². The van der Waals surface area contributed by atoms with Gasteiger partial charge in [0.15, 0.2) is 5.96 Å². The molecule has 0 aliphatic carbocycles. The van der Waals surface area contributed by atoms with Crippen LogP contribution < -0.4 is 5.32 Å². The van der Waals surface area contributed by atoms with Crippen LogP contribution in [0.3, 0.4) is 0 Å². The van der Waals surface area contributed by atoms with Gasteiger partial charge in [0.2, 0.25) is 0 Å². The van der Waals surface area contributed by atoms with Crippen LogP contribution >= 0.6 is 24.0 Å². The number of halogens is 1. The van der Waals surface area contributed by atoms with Crippen molar-refractivity contribution in [1.29, 1.82) is 0 Å².